The molecule has 0 heterocycles. The summed E-state index contributed by atoms with van der Waals surface area (Å²) in [5.41, 5.74) is -0.666. The molecule has 8 heteroatoms. The molecule has 0 aromatic heterocycles. The zero-order valence-corrected chi connectivity index (χ0v) is 11.6. The molecule has 0 bridgehead atoms. The number of aliphatic hydroxyl groups is 2. The Balaban J connectivity index is 4.30. The van der Waals surface area contributed by atoms with Gasteiger partial charge in [-0.1, -0.05) is 0 Å². The first-order valence-corrected chi connectivity index (χ1v) is 7.21. The van der Waals surface area contributed by atoms with Gasteiger partial charge in [0.05, 0.1) is 24.2 Å². The predicted molar refractivity (Wildman–Crippen MR) is 64.0 cm³/mol. The molecule has 0 aliphatic carbocycles. The number of sulfone groups is 1. The third-order valence-electron chi connectivity index (χ3n) is 2.14. The molecule has 0 aliphatic heterocycles. The van der Waals surface area contributed by atoms with Crippen molar-refractivity contribution in [1.82, 2.24) is 3.94 Å². The van der Waals surface area contributed by atoms with E-state index in [1.54, 1.807) is 13.8 Å². The largest absolute Gasteiger partial charge is 0.394 e. The van der Waals surface area contributed by atoms with Crippen molar-refractivity contribution in [2.45, 2.75) is 31.9 Å². The standard InChI is InChI=1S/C8H17Cl2NO4S/c1-8(2,11(9)10)3-4-16(14,15)6-7(13)5-12/h7,12-13H,3-6H2,1-2H3/t7-/m1/s1. The molecule has 5 nitrogen and oxygen atoms in total. The van der Waals surface area contributed by atoms with Crippen LogP contribution >= 0.6 is 23.6 Å². The lowest BCUT2D eigenvalue weighted by Gasteiger charge is -2.27. The van der Waals surface area contributed by atoms with Gasteiger partial charge in [-0.15, -0.1) is 3.94 Å². The van der Waals surface area contributed by atoms with Crippen LogP contribution in [-0.2, 0) is 9.84 Å². The molecule has 0 amide bonds. The van der Waals surface area contributed by atoms with Crippen molar-refractivity contribution in [2.75, 3.05) is 18.1 Å². The van der Waals surface area contributed by atoms with Gasteiger partial charge in [-0.3, -0.25) is 0 Å². The van der Waals surface area contributed by atoms with E-state index in [9.17, 15) is 8.42 Å². The third kappa shape index (κ3) is 6.22. The van der Waals surface area contributed by atoms with Crippen LogP contribution in [0, 0.1) is 0 Å². The Bertz CT molecular complexity index is 305. The van der Waals surface area contributed by atoms with Gasteiger partial charge in [0.1, 0.15) is 0 Å². The summed E-state index contributed by atoms with van der Waals surface area (Å²) in [6.07, 6.45) is -1.00. The lowest BCUT2D eigenvalue weighted by molar-refractivity contribution is 0.112. The number of halogens is 2. The number of aliphatic hydroxyl groups excluding tert-OH is 2. The van der Waals surface area contributed by atoms with Crippen LogP contribution in [0.5, 0.6) is 0 Å². The summed E-state index contributed by atoms with van der Waals surface area (Å²) >= 11 is 11.1. The molecular weight excluding hydrogens is 277 g/mol. The first-order valence-electron chi connectivity index (χ1n) is 4.72. The SMILES string of the molecule is CC(C)(CCS(=O)(=O)C[C@H](O)CO)N(Cl)Cl. The van der Waals surface area contributed by atoms with Gasteiger partial charge in [-0.25, -0.2) is 8.42 Å². The molecule has 16 heavy (non-hydrogen) atoms. The maximum atomic E-state index is 11.5. The molecule has 0 aliphatic rings. The Labute approximate surface area is 106 Å². The zero-order valence-electron chi connectivity index (χ0n) is 9.23. The van der Waals surface area contributed by atoms with Gasteiger partial charge >= 0.3 is 0 Å². The Kier molecular flexibility index (Phi) is 6.53. The van der Waals surface area contributed by atoms with Crippen LogP contribution in [-0.4, -0.2) is 52.3 Å². The summed E-state index contributed by atoms with van der Waals surface area (Å²) in [5, 5.41) is 17.6. The van der Waals surface area contributed by atoms with Gasteiger partial charge in [0.2, 0.25) is 0 Å². The minimum atomic E-state index is -3.41. The molecule has 0 spiro atoms. The second-order valence-corrected chi connectivity index (χ2v) is 7.32. The summed E-state index contributed by atoms with van der Waals surface area (Å²) in [6.45, 7) is 2.83. The first-order chi connectivity index (χ1) is 7.10. The minimum Gasteiger partial charge on any atom is -0.394 e. The van der Waals surface area contributed by atoms with E-state index in [2.05, 4.69) is 0 Å². The van der Waals surface area contributed by atoms with E-state index in [1.807, 2.05) is 0 Å². The zero-order chi connectivity index (χ0) is 13.0. The first kappa shape index (κ1) is 16.4. The highest BCUT2D eigenvalue weighted by Crippen LogP contribution is 2.24. The van der Waals surface area contributed by atoms with Crippen molar-refractivity contribution in [2.24, 2.45) is 0 Å². The third-order valence-corrected chi connectivity index (χ3v) is 4.77. The molecule has 0 aromatic carbocycles. The summed E-state index contributed by atoms with van der Waals surface area (Å²) in [7, 11) is -3.41. The molecule has 0 saturated heterocycles. The summed E-state index contributed by atoms with van der Waals surface area (Å²) in [6, 6.07) is 0. The molecule has 98 valence electrons. The number of rotatable bonds is 7. The van der Waals surface area contributed by atoms with E-state index in [-0.39, 0.29) is 12.2 Å². The molecule has 1 atom stereocenters. The Hall–Kier alpha value is 0.410. The highest BCUT2D eigenvalue weighted by Gasteiger charge is 2.27. The fourth-order valence-electron chi connectivity index (χ4n) is 0.919. The van der Waals surface area contributed by atoms with E-state index >= 15 is 0 Å². The monoisotopic (exact) mass is 293 g/mol. The van der Waals surface area contributed by atoms with Crippen molar-refractivity contribution < 1.29 is 18.6 Å². The number of hydrogen-bond donors (Lipinski definition) is 2. The van der Waals surface area contributed by atoms with Crippen molar-refractivity contribution in [3.05, 3.63) is 0 Å². The van der Waals surface area contributed by atoms with Gasteiger partial charge in [-0.2, -0.15) is 0 Å². The molecule has 0 aromatic rings. The van der Waals surface area contributed by atoms with Crippen molar-refractivity contribution in [3.8, 4) is 0 Å². The Morgan fingerprint density at radius 3 is 2.25 bits per heavy atom. The van der Waals surface area contributed by atoms with Crippen LogP contribution < -0.4 is 0 Å². The highest BCUT2D eigenvalue weighted by molar-refractivity contribution is 7.91. The van der Waals surface area contributed by atoms with E-state index in [1.165, 1.54) is 0 Å². The van der Waals surface area contributed by atoms with Crippen LogP contribution in [0.1, 0.15) is 20.3 Å². The van der Waals surface area contributed by atoms with Gasteiger partial charge in [0, 0.05) is 5.54 Å². The van der Waals surface area contributed by atoms with Crippen LogP contribution in [0.3, 0.4) is 0 Å². The number of nitrogens with zero attached hydrogens (tertiary/aromatic N) is 1. The average molecular weight is 294 g/mol. The summed E-state index contributed by atoms with van der Waals surface area (Å²) in [5.74, 6) is -0.600. The average Bonchev–Trinajstić information content (AvgIpc) is 2.14. The predicted octanol–water partition coefficient (Wildman–Crippen LogP) is 0.533. The summed E-state index contributed by atoms with van der Waals surface area (Å²) < 4.78 is 23.9. The van der Waals surface area contributed by atoms with Gasteiger partial charge in [-0.05, 0) is 43.8 Å². The van der Waals surface area contributed by atoms with Crippen LogP contribution in [0.25, 0.3) is 0 Å². The van der Waals surface area contributed by atoms with E-state index in [0.717, 1.165) is 3.94 Å². The molecular formula is C8H17Cl2NO4S. The van der Waals surface area contributed by atoms with Gasteiger partial charge < -0.3 is 10.2 Å². The van der Waals surface area contributed by atoms with Crippen molar-refractivity contribution >= 4 is 33.4 Å². The molecule has 0 fully saturated rings. The Morgan fingerprint density at radius 1 is 1.38 bits per heavy atom. The molecule has 0 rings (SSSR count). The van der Waals surface area contributed by atoms with Crippen LogP contribution in [0.2, 0.25) is 0 Å². The van der Waals surface area contributed by atoms with Gasteiger partial charge in [0.15, 0.2) is 9.84 Å². The van der Waals surface area contributed by atoms with Crippen molar-refractivity contribution in [1.29, 1.82) is 0 Å². The van der Waals surface area contributed by atoms with Crippen LogP contribution in [0.15, 0.2) is 0 Å². The van der Waals surface area contributed by atoms with E-state index in [0.29, 0.717) is 0 Å². The molecule has 2 N–H and O–H groups in total. The summed E-state index contributed by atoms with van der Waals surface area (Å²) in [4.78, 5) is 0. The Morgan fingerprint density at radius 2 is 1.88 bits per heavy atom. The molecule has 0 saturated carbocycles. The van der Waals surface area contributed by atoms with Gasteiger partial charge in [0.25, 0.3) is 0 Å². The fraction of sp³-hybridized carbons (Fsp3) is 1.00. The molecule has 0 unspecified atom stereocenters. The maximum Gasteiger partial charge on any atom is 0.153 e. The smallest absolute Gasteiger partial charge is 0.153 e. The number of hydrogen-bond acceptors (Lipinski definition) is 5. The second kappa shape index (κ2) is 6.37. The lowest BCUT2D eigenvalue weighted by atomic mass is 10.0. The maximum absolute atomic E-state index is 11.5. The highest BCUT2D eigenvalue weighted by atomic mass is 35.5. The molecule has 0 radical (unpaired) electrons. The quantitative estimate of drug-likeness (QED) is 0.670. The topological polar surface area (TPSA) is 77.8 Å². The minimum absolute atomic E-state index is 0.146. The van der Waals surface area contributed by atoms with E-state index < -0.39 is 33.8 Å². The van der Waals surface area contributed by atoms with E-state index in [4.69, 9.17) is 33.8 Å². The lowest BCUT2D eigenvalue weighted by Crippen LogP contribution is -2.35. The van der Waals surface area contributed by atoms with Crippen molar-refractivity contribution in [3.63, 3.8) is 0 Å². The van der Waals surface area contributed by atoms with Crippen LogP contribution in [0.4, 0.5) is 0 Å². The normalized spacial score (nSPS) is 15.4. The second-order valence-electron chi connectivity index (χ2n) is 4.25. The fourth-order valence-corrected chi connectivity index (χ4v) is 2.76.